The average Bonchev–Trinajstić information content (AvgIpc) is 2.59. The summed E-state index contributed by atoms with van der Waals surface area (Å²) in [7, 11) is -1.46. The highest BCUT2D eigenvalue weighted by molar-refractivity contribution is 7.89. The zero-order valence-corrected chi connectivity index (χ0v) is 15.0. The first-order chi connectivity index (χ1) is 12.2. The van der Waals surface area contributed by atoms with Gasteiger partial charge in [-0.3, -0.25) is 14.9 Å². The highest BCUT2D eigenvalue weighted by atomic mass is 32.2. The third kappa shape index (κ3) is 4.13. The fraction of sp³-hybridized carbons (Fsp3) is 0.200. The van der Waals surface area contributed by atoms with Gasteiger partial charge in [0.25, 0.3) is 5.91 Å². The minimum Gasteiger partial charge on any atom is -0.481 e. The summed E-state index contributed by atoms with van der Waals surface area (Å²) in [4.78, 5) is 31.9. The van der Waals surface area contributed by atoms with Gasteiger partial charge in [0, 0.05) is 0 Å². The van der Waals surface area contributed by atoms with E-state index in [2.05, 4.69) is 15.3 Å². The van der Waals surface area contributed by atoms with Gasteiger partial charge in [-0.2, -0.15) is 9.97 Å². The van der Waals surface area contributed by atoms with E-state index in [4.69, 9.17) is 14.6 Å². The van der Waals surface area contributed by atoms with Crippen molar-refractivity contribution in [2.24, 2.45) is 5.14 Å². The SMILES string of the molecule is COc1cc(OC)nc(NC(=O)c2cccc(S(N)(=O)=O)c2C(C)=O)n1. The molecule has 0 radical (unpaired) electrons. The first-order valence-electron chi connectivity index (χ1n) is 7.12. The summed E-state index contributed by atoms with van der Waals surface area (Å²) < 4.78 is 33.3. The van der Waals surface area contributed by atoms with Crippen LogP contribution in [0.2, 0.25) is 0 Å². The third-order valence-corrected chi connectivity index (χ3v) is 4.21. The molecule has 0 saturated heterocycles. The Kier molecular flexibility index (Phi) is 5.53. The van der Waals surface area contributed by atoms with E-state index in [1.165, 1.54) is 32.4 Å². The molecular formula is C15H16N4O6S. The van der Waals surface area contributed by atoms with E-state index in [1.807, 2.05) is 0 Å². The van der Waals surface area contributed by atoms with Gasteiger partial charge in [0.05, 0.1) is 36.3 Å². The molecule has 1 aromatic heterocycles. The predicted molar refractivity (Wildman–Crippen MR) is 90.9 cm³/mol. The fourth-order valence-electron chi connectivity index (χ4n) is 2.16. The maximum atomic E-state index is 12.6. The van der Waals surface area contributed by atoms with Gasteiger partial charge < -0.3 is 9.47 Å². The van der Waals surface area contributed by atoms with Crippen molar-refractivity contribution in [3.63, 3.8) is 0 Å². The lowest BCUT2D eigenvalue weighted by molar-refractivity contribution is 0.0982. The second kappa shape index (κ2) is 7.45. The minimum absolute atomic E-state index is 0.136. The van der Waals surface area contributed by atoms with Crippen LogP contribution in [0, 0.1) is 0 Å². The molecule has 2 rings (SSSR count). The molecule has 1 heterocycles. The highest BCUT2D eigenvalue weighted by Gasteiger charge is 2.24. The number of ether oxygens (including phenoxy) is 2. The van der Waals surface area contributed by atoms with Crippen molar-refractivity contribution < 1.29 is 27.5 Å². The zero-order chi connectivity index (χ0) is 19.5. The molecule has 11 heteroatoms. The van der Waals surface area contributed by atoms with Crippen LogP contribution in [0.3, 0.4) is 0 Å². The van der Waals surface area contributed by atoms with E-state index in [-0.39, 0.29) is 28.8 Å². The van der Waals surface area contributed by atoms with Gasteiger partial charge in [0.2, 0.25) is 27.7 Å². The second-order valence-corrected chi connectivity index (χ2v) is 6.54. The molecule has 0 spiro atoms. The summed E-state index contributed by atoms with van der Waals surface area (Å²) >= 11 is 0. The number of rotatable bonds is 6. The molecule has 0 aliphatic carbocycles. The van der Waals surface area contributed by atoms with Crippen LogP contribution in [0.4, 0.5) is 5.95 Å². The molecule has 0 unspecified atom stereocenters. The average molecular weight is 380 g/mol. The van der Waals surface area contributed by atoms with Crippen LogP contribution < -0.4 is 19.9 Å². The van der Waals surface area contributed by atoms with Crippen molar-refractivity contribution in [2.45, 2.75) is 11.8 Å². The number of nitrogens with two attached hydrogens (primary N) is 1. The molecule has 0 saturated carbocycles. The summed E-state index contributed by atoms with van der Waals surface area (Å²) in [6, 6.07) is 5.14. The van der Waals surface area contributed by atoms with Crippen LogP contribution in [0.5, 0.6) is 11.8 Å². The van der Waals surface area contributed by atoms with Crippen LogP contribution in [-0.2, 0) is 10.0 Å². The van der Waals surface area contributed by atoms with Gasteiger partial charge in [-0.25, -0.2) is 13.6 Å². The number of anilines is 1. The van der Waals surface area contributed by atoms with Crippen LogP contribution >= 0.6 is 0 Å². The number of primary sulfonamides is 1. The first kappa shape index (κ1) is 19.3. The Morgan fingerprint density at radius 3 is 2.15 bits per heavy atom. The molecule has 0 atom stereocenters. The maximum Gasteiger partial charge on any atom is 0.258 e. The van der Waals surface area contributed by atoms with Gasteiger partial charge >= 0.3 is 0 Å². The largest absolute Gasteiger partial charge is 0.481 e. The number of nitrogens with one attached hydrogen (secondary N) is 1. The Morgan fingerprint density at radius 2 is 1.69 bits per heavy atom. The van der Waals surface area contributed by atoms with Crippen molar-refractivity contribution in [1.82, 2.24) is 9.97 Å². The third-order valence-electron chi connectivity index (χ3n) is 3.25. The van der Waals surface area contributed by atoms with E-state index in [9.17, 15) is 18.0 Å². The van der Waals surface area contributed by atoms with E-state index >= 15 is 0 Å². The normalized spacial score (nSPS) is 10.9. The number of methoxy groups -OCH3 is 2. The molecule has 2 aromatic rings. The summed E-state index contributed by atoms with van der Waals surface area (Å²) in [5.41, 5.74) is -0.503. The van der Waals surface area contributed by atoms with E-state index in [0.717, 1.165) is 13.0 Å². The molecular weight excluding hydrogens is 364 g/mol. The number of ketones is 1. The van der Waals surface area contributed by atoms with Crippen LogP contribution in [0.25, 0.3) is 0 Å². The number of carbonyl (C=O) groups excluding carboxylic acids is 2. The standard InChI is InChI=1S/C15H16N4O6S/c1-8(20)13-9(5-4-6-10(13)26(16,22)23)14(21)19-15-17-11(24-2)7-12(18-15)25-3/h4-7H,1-3H3,(H2,16,22,23)(H,17,18,19,21). The molecule has 0 fully saturated rings. The fourth-order valence-corrected chi connectivity index (χ4v) is 2.96. The van der Waals surface area contributed by atoms with Crippen molar-refractivity contribution in [3.8, 4) is 11.8 Å². The summed E-state index contributed by atoms with van der Waals surface area (Å²) in [6.45, 7) is 1.13. The lowest BCUT2D eigenvalue weighted by atomic mass is 10.0. The van der Waals surface area contributed by atoms with Crippen molar-refractivity contribution in [1.29, 1.82) is 0 Å². The minimum atomic E-state index is -4.20. The van der Waals surface area contributed by atoms with Gasteiger partial charge in [0.15, 0.2) is 5.78 Å². The number of hydrogen-bond donors (Lipinski definition) is 2. The second-order valence-electron chi connectivity index (χ2n) is 5.01. The number of sulfonamides is 1. The lowest BCUT2D eigenvalue weighted by Crippen LogP contribution is -2.22. The van der Waals surface area contributed by atoms with E-state index < -0.39 is 26.6 Å². The van der Waals surface area contributed by atoms with E-state index in [1.54, 1.807) is 0 Å². The molecule has 1 aromatic carbocycles. The van der Waals surface area contributed by atoms with Gasteiger partial charge in [0.1, 0.15) is 0 Å². The van der Waals surface area contributed by atoms with E-state index in [0.29, 0.717) is 0 Å². The van der Waals surface area contributed by atoms with Crippen molar-refractivity contribution >= 4 is 27.7 Å². The monoisotopic (exact) mass is 380 g/mol. The molecule has 0 bridgehead atoms. The van der Waals surface area contributed by atoms with Gasteiger partial charge in [-0.1, -0.05) is 6.07 Å². The molecule has 0 aliphatic rings. The molecule has 0 aliphatic heterocycles. The molecule has 1 amide bonds. The summed E-state index contributed by atoms with van der Waals surface area (Å²) in [5.74, 6) is -1.31. The van der Waals surface area contributed by atoms with Gasteiger partial charge in [-0.05, 0) is 19.1 Å². The summed E-state index contributed by atoms with van der Waals surface area (Å²) in [5, 5.41) is 7.50. The van der Waals surface area contributed by atoms with Crippen LogP contribution in [0.15, 0.2) is 29.2 Å². The number of aromatic nitrogens is 2. The number of benzene rings is 1. The highest BCUT2D eigenvalue weighted by Crippen LogP contribution is 2.22. The van der Waals surface area contributed by atoms with Crippen LogP contribution in [-0.4, -0.2) is 44.3 Å². The number of amides is 1. The maximum absolute atomic E-state index is 12.6. The quantitative estimate of drug-likeness (QED) is 0.691. The number of hydrogen-bond acceptors (Lipinski definition) is 8. The number of carbonyl (C=O) groups is 2. The zero-order valence-electron chi connectivity index (χ0n) is 14.1. The Balaban J connectivity index is 2.50. The Morgan fingerprint density at radius 1 is 1.12 bits per heavy atom. The smallest absolute Gasteiger partial charge is 0.258 e. The molecule has 3 N–H and O–H groups in total. The van der Waals surface area contributed by atoms with Gasteiger partial charge in [-0.15, -0.1) is 0 Å². The molecule has 10 nitrogen and oxygen atoms in total. The summed E-state index contributed by atoms with van der Waals surface area (Å²) in [6.07, 6.45) is 0. The Labute approximate surface area is 149 Å². The van der Waals surface area contributed by atoms with Crippen LogP contribution in [0.1, 0.15) is 27.6 Å². The lowest BCUT2D eigenvalue weighted by Gasteiger charge is -2.12. The topological polar surface area (TPSA) is 151 Å². The predicted octanol–water partition coefficient (Wildman–Crippen LogP) is 0.596. The van der Waals surface area contributed by atoms with Crippen molar-refractivity contribution in [3.05, 3.63) is 35.4 Å². The first-order valence-corrected chi connectivity index (χ1v) is 8.67. The Bertz CT molecular complexity index is 952. The number of Topliss-reactive ketones (excluding diaryl/α,β-unsaturated/α-hetero) is 1. The number of nitrogens with zero attached hydrogens (tertiary/aromatic N) is 2. The molecule has 138 valence electrons. The van der Waals surface area contributed by atoms with Crippen molar-refractivity contribution in [2.75, 3.05) is 19.5 Å². The Hall–Kier alpha value is -3.05. The molecule has 26 heavy (non-hydrogen) atoms.